The van der Waals surface area contributed by atoms with Crippen LogP contribution in [0.15, 0.2) is 29.1 Å². The molecule has 1 fully saturated rings. The molecule has 0 spiro atoms. The van der Waals surface area contributed by atoms with Crippen LogP contribution in [-0.2, 0) is 11.2 Å². The highest BCUT2D eigenvalue weighted by molar-refractivity contribution is 5.76. The summed E-state index contributed by atoms with van der Waals surface area (Å²) >= 11 is 0. The van der Waals surface area contributed by atoms with Gasteiger partial charge in [-0.3, -0.25) is 14.7 Å². The van der Waals surface area contributed by atoms with Gasteiger partial charge in [0.2, 0.25) is 5.91 Å². The number of H-pyrrole nitrogens is 1. The Morgan fingerprint density at radius 3 is 2.40 bits per heavy atom. The van der Waals surface area contributed by atoms with Crippen LogP contribution in [0.1, 0.15) is 43.4 Å². The highest BCUT2D eigenvalue weighted by Crippen LogP contribution is 2.13. The normalized spacial score (nSPS) is 15.2. The topological polar surface area (TPSA) is 58.1 Å². The molecule has 2 aromatic rings. The predicted molar refractivity (Wildman–Crippen MR) is 94.5 cm³/mol. The number of carbonyl (C=O) groups excluding carboxylic acids is 1. The molecular weight excluding hydrogens is 321 g/mol. The third-order valence-electron chi connectivity index (χ3n) is 4.83. The number of rotatable bonds is 4. The fourth-order valence-corrected chi connectivity index (χ4v) is 3.36. The molecule has 1 aromatic heterocycles. The summed E-state index contributed by atoms with van der Waals surface area (Å²) in [4.78, 5) is 27.0. The quantitative estimate of drug-likeness (QED) is 0.926. The number of likely N-dealkylation sites (tertiary alicyclic amines) is 1. The summed E-state index contributed by atoms with van der Waals surface area (Å²) in [5.74, 6) is -0.224. The Balaban J connectivity index is 1.71. The van der Waals surface area contributed by atoms with E-state index in [0.717, 1.165) is 31.6 Å². The van der Waals surface area contributed by atoms with Crippen LogP contribution in [0.5, 0.6) is 0 Å². The van der Waals surface area contributed by atoms with Crippen molar-refractivity contribution in [3.63, 3.8) is 0 Å². The lowest BCUT2D eigenvalue weighted by Crippen LogP contribution is -2.32. The van der Waals surface area contributed by atoms with E-state index in [1.807, 2.05) is 11.8 Å². The number of benzene rings is 1. The molecule has 0 unspecified atom stereocenters. The first-order valence-corrected chi connectivity index (χ1v) is 8.90. The maximum atomic E-state index is 13.1. The fourth-order valence-electron chi connectivity index (χ4n) is 3.36. The molecule has 0 atom stereocenters. The van der Waals surface area contributed by atoms with E-state index in [1.165, 1.54) is 29.7 Å². The molecule has 1 aliphatic rings. The number of aromatic amines is 1. The first-order valence-electron chi connectivity index (χ1n) is 8.90. The summed E-state index contributed by atoms with van der Waals surface area (Å²) < 4.78 is 14.5. The smallest absolute Gasteiger partial charge is 0.274 e. The Hall–Kier alpha value is -2.37. The first kappa shape index (κ1) is 17.5. The zero-order valence-corrected chi connectivity index (χ0v) is 14.6. The molecule has 134 valence electrons. The van der Waals surface area contributed by atoms with Crippen LogP contribution in [-0.4, -0.2) is 33.7 Å². The Kier molecular flexibility index (Phi) is 5.36. The molecule has 0 radical (unpaired) electrons. The molecule has 0 bridgehead atoms. The summed E-state index contributed by atoms with van der Waals surface area (Å²) in [7, 11) is 0. The highest BCUT2D eigenvalue weighted by Gasteiger charge is 2.18. The van der Waals surface area contributed by atoms with Crippen molar-refractivity contribution in [3.8, 4) is 5.69 Å². The Morgan fingerprint density at radius 1 is 1.12 bits per heavy atom. The minimum atomic E-state index is -0.344. The van der Waals surface area contributed by atoms with Crippen LogP contribution >= 0.6 is 0 Å². The number of nitrogens with zero attached hydrogens (tertiary/aromatic N) is 2. The highest BCUT2D eigenvalue weighted by atomic mass is 19.1. The number of carbonyl (C=O) groups is 1. The van der Waals surface area contributed by atoms with E-state index in [0.29, 0.717) is 24.1 Å². The number of hydrogen-bond acceptors (Lipinski definition) is 2. The van der Waals surface area contributed by atoms with Crippen molar-refractivity contribution in [1.29, 1.82) is 0 Å². The van der Waals surface area contributed by atoms with E-state index in [4.69, 9.17) is 0 Å². The molecule has 2 heterocycles. The summed E-state index contributed by atoms with van der Waals surface area (Å²) in [5.41, 5.74) is 1.78. The van der Waals surface area contributed by atoms with Gasteiger partial charge in [-0.1, -0.05) is 12.8 Å². The molecular formula is C19H24FN3O2. The average molecular weight is 345 g/mol. The lowest BCUT2D eigenvalue weighted by molar-refractivity contribution is -0.131. The number of hydrogen-bond donors (Lipinski definition) is 1. The molecule has 1 aromatic carbocycles. The second-order valence-electron chi connectivity index (χ2n) is 6.63. The zero-order chi connectivity index (χ0) is 17.8. The van der Waals surface area contributed by atoms with Crippen molar-refractivity contribution in [2.45, 2.75) is 45.4 Å². The van der Waals surface area contributed by atoms with Gasteiger partial charge in [0, 0.05) is 30.8 Å². The molecule has 1 saturated heterocycles. The average Bonchev–Trinajstić information content (AvgIpc) is 2.80. The number of halogens is 1. The third kappa shape index (κ3) is 4.00. The van der Waals surface area contributed by atoms with Crippen LogP contribution in [0.25, 0.3) is 5.69 Å². The molecule has 3 rings (SSSR count). The zero-order valence-electron chi connectivity index (χ0n) is 14.6. The van der Waals surface area contributed by atoms with Gasteiger partial charge in [-0.05, 0) is 50.5 Å². The van der Waals surface area contributed by atoms with Crippen molar-refractivity contribution in [3.05, 3.63) is 51.7 Å². The lowest BCUT2D eigenvalue weighted by Gasteiger charge is -2.20. The van der Waals surface area contributed by atoms with Crippen LogP contribution < -0.4 is 5.56 Å². The van der Waals surface area contributed by atoms with Crippen LogP contribution in [0, 0.1) is 12.7 Å². The summed E-state index contributed by atoms with van der Waals surface area (Å²) in [6, 6.07) is 5.75. The van der Waals surface area contributed by atoms with E-state index in [2.05, 4.69) is 5.10 Å². The maximum absolute atomic E-state index is 13.1. The van der Waals surface area contributed by atoms with Gasteiger partial charge < -0.3 is 4.90 Å². The standard InChI is InChI=1S/C19H24FN3O2/c1-14-17(10-11-18(24)22-12-4-2-3-5-13-22)19(25)23(21-14)16-8-6-15(20)7-9-16/h6-9,21H,2-5,10-13H2,1H3. The van der Waals surface area contributed by atoms with Crippen molar-refractivity contribution in [2.75, 3.05) is 13.1 Å². The number of amides is 1. The van der Waals surface area contributed by atoms with Gasteiger partial charge in [-0.2, -0.15) is 0 Å². The Labute approximate surface area is 146 Å². The van der Waals surface area contributed by atoms with Gasteiger partial charge in [0.15, 0.2) is 0 Å². The van der Waals surface area contributed by atoms with Crippen molar-refractivity contribution in [2.24, 2.45) is 0 Å². The molecule has 0 saturated carbocycles. The minimum Gasteiger partial charge on any atom is -0.343 e. The molecule has 5 nitrogen and oxygen atoms in total. The van der Waals surface area contributed by atoms with E-state index in [1.54, 1.807) is 12.1 Å². The van der Waals surface area contributed by atoms with Gasteiger partial charge in [-0.25, -0.2) is 9.07 Å². The second kappa shape index (κ2) is 7.68. The van der Waals surface area contributed by atoms with Crippen LogP contribution in [0.3, 0.4) is 0 Å². The SMILES string of the molecule is Cc1[nH]n(-c2ccc(F)cc2)c(=O)c1CCC(=O)N1CCCCCC1. The third-order valence-corrected chi connectivity index (χ3v) is 4.83. The Morgan fingerprint density at radius 2 is 1.76 bits per heavy atom. The molecule has 1 amide bonds. The summed E-state index contributed by atoms with van der Waals surface area (Å²) in [6.45, 7) is 3.47. The van der Waals surface area contributed by atoms with Gasteiger partial charge in [-0.15, -0.1) is 0 Å². The van der Waals surface area contributed by atoms with Crippen molar-refractivity contribution < 1.29 is 9.18 Å². The van der Waals surface area contributed by atoms with Gasteiger partial charge in [0.1, 0.15) is 5.82 Å². The number of aryl methyl sites for hydroxylation is 1. The van der Waals surface area contributed by atoms with Crippen molar-refractivity contribution >= 4 is 5.91 Å². The molecule has 0 aliphatic carbocycles. The Bertz CT molecular complexity index is 784. The van der Waals surface area contributed by atoms with E-state index in [9.17, 15) is 14.0 Å². The molecule has 1 N–H and O–H groups in total. The van der Waals surface area contributed by atoms with Gasteiger partial charge in [0.05, 0.1) is 5.69 Å². The minimum absolute atomic E-state index is 0.121. The number of aromatic nitrogens is 2. The second-order valence-corrected chi connectivity index (χ2v) is 6.63. The summed E-state index contributed by atoms with van der Waals surface area (Å²) in [6.07, 6.45) is 5.26. The monoisotopic (exact) mass is 345 g/mol. The molecule has 1 aliphatic heterocycles. The number of nitrogens with one attached hydrogen (secondary N) is 1. The maximum Gasteiger partial charge on any atom is 0.274 e. The molecule has 25 heavy (non-hydrogen) atoms. The summed E-state index contributed by atoms with van der Waals surface area (Å²) in [5, 5.41) is 3.02. The van der Waals surface area contributed by atoms with Crippen molar-refractivity contribution in [1.82, 2.24) is 14.7 Å². The van der Waals surface area contributed by atoms with Gasteiger partial charge >= 0.3 is 0 Å². The fraction of sp³-hybridized carbons (Fsp3) is 0.474. The van der Waals surface area contributed by atoms with E-state index >= 15 is 0 Å². The lowest BCUT2D eigenvalue weighted by atomic mass is 10.1. The van der Waals surface area contributed by atoms with E-state index in [-0.39, 0.29) is 17.3 Å². The van der Waals surface area contributed by atoms with Crippen LogP contribution in [0.4, 0.5) is 4.39 Å². The molecule has 6 heteroatoms. The largest absolute Gasteiger partial charge is 0.343 e. The van der Waals surface area contributed by atoms with E-state index < -0.39 is 0 Å². The van der Waals surface area contributed by atoms with Gasteiger partial charge in [0.25, 0.3) is 5.56 Å². The first-order chi connectivity index (χ1) is 12.1. The van der Waals surface area contributed by atoms with Crippen LogP contribution in [0.2, 0.25) is 0 Å². The predicted octanol–water partition coefficient (Wildman–Crippen LogP) is 2.95.